The molecule has 6 heteroatoms. The third-order valence-electron chi connectivity index (χ3n) is 2.11. The van der Waals surface area contributed by atoms with Crippen LogP contribution in [0.3, 0.4) is 0 Å². The van der Waals surface area contributed by atoms with Crippen molar-refractivity contribution in [1.82, 2.24) is 20.6 Å². The molecule has 2 aromatic rings. The molecule has 0 aliphatic heterocycles. The Morgan fingerprint density at radius 2 is 2.00 bits per heavy atom. The molecule has 1 aromatic heterocycles. The SMILES string of the molecule is Cl.NCC(c1ccccc1)c1nn[nH]n1. The normalized spacial score (nSPS) is 11.8. The quantitative estimate of drug-likeness (QED) is 0.806. The maximum Gasteiger partial charge on any atom is 0.183 e. The number of halogens is 1. The van der Waals surface area contributed by atoms with Crippen molar-refractivity contribution in [1.29, 1.82) is 0 Å². The van der Waals surface area contributed by atoms with Gasteiger partial charge in [0, 0.05) is 6.54 Å². The second-order valence-corrected chi connectivity index (χ2v) is 2.97. The highest BCUT2D eigenvalue weighted by molar-refractivity contribution is 5.85. The number of nitrogens with zero attached hydrogens (tertiary/aromatic N) is 3. The molecule has 2 rings (SSSR count). The third kappa shape index (κ3) is 2.51. The summed E-state index contributed by atoms with van der Waals surface area (Å²) < 4.78 is 0. The van der Waals surface area contributed by atoms with E-state index in [0.717, 1.165) is 5.56 Å². The van der Waals surface area contributed by atoms with Crippen LogP contribution in [0.5, 0.6) is 0 Å². The van der Waals surface area contributed by atoms with E-state index in [4.69, 9.17) is 5.73 Å². The lowest BCUT2D eigenvalue weighted by Gasteiger charge is -2.09. The second kappa shape index (κ2) is 5.43. The van der Waals surface area contributed by atoms with Crippen molar-refractivity contribution in [2.75, 3.05) is 6.54 Å². The summed E-state index contributed by atoms with van der Waals surface area (Å²) in [6.45, 7) is 0.476. The Labute approximate surface area is 93.5 Å². The van der Waals surface area contributed by atoms with Crippen LogP contribution >= 0.6 is 12.4 Å². The number of aromatic nitrogens is 4. The number of H-pyrrole nitrogens is 1. The molecule has 0 aliphatic rings. The molecule has 0 bridgehead atoms. The van der Waals surface area contributed by atoms with Crippen molar-refractivity contribution in [3.05, 3.63) is 41.7 Å². The van der Waals surface area contributed by atoms with E-state index in [-0.39, 0.29) is 18.3 Å². The Morgan fingerprint density at radius 3 is 2.53 bits per heavy atom. The van der Waals surface area contributed by atoms with E-state index in [1.807, 2.05) is 30.3 Å². The van der Waals surface area contributed by atoms with Gasteiger partial charge < -0.3 is 5.73 Å². The first-order valence-corrected chi connectivity index (χ1v) is 4.40. The third-order valence-corrected chi connectivity index (χ3v) is 2.11. The van der Waals surface area contributed by atoms with Gasteiger partial charge in [0.05, 0.1) is 5.92 Å². The summed E-state index contributed by atoms with van der Waals surface area (Å²) in [4.78, 5) is 0. The van der Waals surface area contributed by atoms with Gasteiger partial charge in [-0.05, 0) is 5.56 Å². The predicted octanol–water partition coefficient (Wildman–Crippen LogP) is 0.712. The van der Waals surface area contributed by atoms with Gasteiger partial charge in [-0.15, -0.1) is 22.6 Å². The van der Waals surface area contributed by atoms with Gasteiger partial charge in [0.2, 0.25) is 0 Å². The summed E-state index contributed by atoms with van der Waals surface area (Å²) >= 11 is 0. The largest absolute Gasteiger partial charge is 0.329 e. The van der Waals surface area contributed by atoms with E-state index in [1.165, 1.54) is 0 Å². The van der Waals surface area contributed by atoms with Crippen molar-refractivity contribution in [2.45, 2.75) is 5.92 Å². The minimum Gasteiger partial charge on any atom is -0.329 e. The van der Waals surface area contributed by atoms with E-state index in [9.17, 15) is 0 Å². The average molecular weight is 226 g/mol. The molecule has 1 unspecified atom stereocenters. The van der Waals surface area contributed by atoms with Crippen molar-refractivity contribution < 1.29 is 0 Å². The first-order valence-electron chi connectivity index (χ1n) is 4.40. The maximum absolute atomic E-state index is 5.67. The Morgan fingerprint density at radius 1 is 1.27 bits per heavy atom. The number of rotatable bonds is 3. The van der Waals surface area contributed by atoms with E-state index in [2.05, 4.69) is 20.6 Å². The van der Waals surface area contributed by atoms with Crippen LogP contribution in [-0.2, 0) is 0 Å². The molecule has 0 radical (unpaired) electrons. The average Bonchev–Trinajstić information content (AvgIpc) is 2.74. The first kappa shape index (κ1) is 11.6. The molecule has 0 fully saturated rings. The highest BCUT2D eigenvalue weighted by Gasteiger charge is 2.15. The number of nitrogens with one attached hydrogen (secondary N) is 1. The number of tetrazole rings is 1. The van der Waals surface area contributed by atoms with Gasteiger partial charge in [-0.3, -0.25) is 0 Å². The number of aromatic amines is 1. The van der Waals surface area contributed by atoms with E-state index >= 15 is 0 Å². The smallest absolute Gasteiger partial charge is 0.183 e. The number of nitrogens with two attached hydrogens (primary N) is 1. The van der Waals surface area contributed by atoms with Crippen molar-refractivity contribution in [3.8, 4) is 0 Å². The Balaban J connectivity index is 0.00000112. The number of hydrogen-bond acceptors (Lipinski definition) is 4. The fourth-order valence-corrected chi connectivity index (χ4v) is 1.39. The van der Waals surface area contributed by atoms with E-state index in [1.54, 1.807) is 0 Å². The van der Waals surface area contributed by atoms with Crippen LogP contribution in [0.25, 0.3) is 0 Å². The summed E-state index contributed by atoms with van der Waals surface area (Å²) in [5.41, 5.74) is 6.78. The zero-order valence-corrected chi connectivity index (χ0v) is 8.81. The molecule has 0 amide bonds. The van der Waals surface area contributed by atoms with Crippen LogP contribution in [0.15, 0.2) is 30.3 Å². The zero-order chi connectivity index (χ0) is 9.80. The Bertz CT molecular complexity index is 375. The van der Waals surface area contributed by atoms with Crippen LogP contribution in [-0.4, -0.2) is 27.2 Å². The van der Waals surface area contributed by atoms with Crippen LogP contribution in [0, 0.1) is 0 Å². The van der Waals surface area contributed by atoms with Crippen LogP contribution < -0.4 is 5.73 Å². The summed E-state index contributed by atoms with van der Waals surface area (Å²) in [7, 11) is 0. The zero-order valence-electron chi connectivity index (χ0n) is 8.00. The molecule has 15 heavy (non-hydrogen) atoms. The highest BCUT2D eigenvalue weighted by Crippen LogP contribution is 2.18. The summed E-state index contributed by atoms with van der Waals surface area (Å²) in [5, 5.41) is 13.8. The van der Waals surface area contributed by atoms with Gasteiger partial charge >= 0.3 is 0 Å². The molecule has 0 spiro atoms. The summed E-state index contributed by atoms with van der Waals surface area (Å²) in [6.07, 6.45) is 0. The lowest BCUT2D eigenvalue weighted by Crippen LogP contribution is -2.15. The molecule has 0 saturated carbocycles. The molecule has 0 saturated heterocycles. The molecule has 1 heterocycles. The second-order valence-electron chi connectivity index (χ2n) is 2.97. The van der Waals surface area contributed by atoms with Crippen molar-refractivity contribution in [2.24, 2.45) is 5.73 Å². The van der Waals surface area contributed by atoms with Gasteiger partial charge in [0.1, 0.15) is 0 Å². The molecule has 1 aromatic carbocycles. The van der Waals surface area contributed by atoms with Crippen LogP contribution in [0.4, 0.5) is 0 Å². The van der Waals surface area contributed by atoms with Crippen LogP contribution in [0.1, 0.15) is 17.3 Å². The van der Waals surface area contributed by atoms with Crippen molar-refractivity contribution >= 4 is 12.4 Å². The molecular weight excluding hydrogens is 214 g/mol. The van der Waals surface area contributed by atoms with Gasteiger partial charge in [-0.2, -0.15) is 5.21 Å². The predicted molar refractivity (Wildman–Crippen MR) is 58.8 cm³/mol. The fraction of sp³-hybridized carbons (Fsp3) is 0.222. The molecule has 0 aliphatic carbocycles. The minimum absolute atomic E-state index is 0. The van der Waals surface area contributed by atoms with Gasteiger partial charge in [0.15, 0.2) is 5.82 Å². The standard InChI is InChI=1S/C9H11N5.ClH/c10-6-8(9-11-13-14-12-9)7-4-2-1-3-5-7;/h1-5,8H,6,10H2,(H,11,12,13,14);1H. The van der Waals surface area contributed by atoms with E-state index < -0.39 is 0 Å². The molecular formula is C9H12ClN5. The van der Waals surface area contributed by atoms with Gasteiger partial charge in [0.25, 0.3) is 0 Å². The lowest BCUT2D eigenvalue weighted by atomic mass is 9.99. The Kier molecular flexibility index (Phi) is 4.20. The fourth-order valence-electron chi connectivity index (χ4n) is 1.39. The number of hydrogen-bond donors (Lipinski definition) is 2. The number of benzene rings is 1. The first-order chi connectivity index (χ1) is 6.92. The molecule has 80 valence electrons. The lowest BCUT2D eigenvalue weighted by molar-refractivity contribution is 0.753. The van der Waals surface area contributed by atoms with Crippen LogP contribution in [0.2, 0.25) is 0 Å². The summed E-state index contributed by atoms with van der Waals surface area (Å²) in [5.74, 6) is 0.661. The van der Waals surface area contributed by atoms with Crippen molar-refractivity contribution in [3.63, 3.8) is 0 Å². The highest BCUT2D eigenvalue weighted by atomic mass is 35.5. The Hall–Kier alpha value is -1.46. The monoisotopic (exact) mass is 225 g/mol. The van der Waals surface area contributed by atoms with E-state index in [0.29, 0.717) is 12.4 Å². The molecule has 1 atom stereocenters. The van der Waals surface area contributed by atoms with Gasteiger partial charge in [-0.25, -0.2) is 0 Å². The maximum atomic E-state index is 5.67. The molecule has 5 nitrogen and oxygen atoms in total. The summed E-state index contributed by atoms with van der Waals surface area (Å²) in [6, 6.07) is 9.92. The van der Waals surface area contributed by atoms with Gasteiger partial charge in [-0.1, -0.05) is 35.5 Å². The minimum atomic E-state index is 0. The topological polar surface area (TPSA) is 80.5 Å². The molecule has 3 N–H and O–H groups in total.